The van der Waals surface area contributed by atoms with Crippen LogP contribution in [0, 0.1) is 6.92 Å². The summed E-state index contributed by atoms with van der Waals surface area (Å²) < 4.78 is 2.00. The average molecular weight is 345 g/mol. The van der Waals surface area contributed by atoms with Gasteiger partial charge in [0.05, 0.1) is 23.6 Å². The molecule has 1 fully saturated rings. The summed E-state index contributed by atoms with van der Waals surface area (Å²) in [4.78, 5) is 16.6. The molecule has 0 saturated heterocycles. The summed E-state index contributed by atoms with van der Waals surface area (Å²) in [6, 6.07) is 7.99. The van der Waals surface area contributed by atoms with Crippen molar-refractivity contribution in [3.8, 4) is 5.69 Å². The normalized spacial score (nSPS) is 20.8. The zero-order chi connectivity index (χ0) is 16.9. The number of nitrogens with one attached hydrogen (secondary N) is 1. The van der Waals surface area contributed by atoms with Crippen LogP contribution in [0.5, 0.6) is 0 Å². The van der Waals surface area contributed by atoms with Gasteiger partial charge < -0.3 is 10.4 Å². The molecule has 1 heterocycles. The molecule has 1 aliphatic carbocycles. The van der Waals surface area contributed by atoms with E-state index in [1.54, 1.807) is 6.20 Å². The highest BCUT2D eigenvalue weighted by molar-refractivity contribution is 7.99. The van der Waals surface area contributed by atoms with Crippen LogP contribution in [0.4, 0.5) is 0 Å². The second kappa shape index (κ2) is 7.85. The number of aliphatic hydroxyl groups excluding tert-OH is 1. The summed E-state index contributed by atoms with van der Waals surface area (Å²) in [5, 5.41) is 13.7. The maximum absolute atomic E-state index is 12.2. The standard InChI is InChI=1S/C18H23N3O2S/c1-13-6-2-4-8-15(13)21-11-10-19-18(21)24-12-17(23)20-14-7-3-5-9-16(14)22/h2,4,6,8,10-11,14,16,22H,3,5,7,9,12H2,1H3,(H,20,23). The van der Waals surface area contributed by atoms with E-state index in [0.29, 0.717) is 5.75 Å². The highest BCUT2D eigenvalue weighted by Gasteiger charge is 2.24. The van der Waals surface area contributed by atoms with Crippen molar-refractivity contribution in [2.45, 2.75) is 49.9 Å². The first-order chi connectivity index (χ1) is 11.6. The zero-order valence-corrected chi connectivity index (χ0v) is 14.6. The van der Waals surface area contributed by atoms with Gasteiger partial charge in [0.2, 0.25) is 5.91 Å². The average Bonchev–Trinajstić information content (AvgIpc) is 3.04. The number of aliphatic hydroxyl groups is 1. The molecule has 2 atom stereocenters. The highest BCUT2D eigenvalue weighted by Crippen LogP contribution is 2.23. The zero-order valence-electron chi connectivity index (χ0n) is 13.8. The molecule has 1 aliphatic rings. The predicted molar refractivity (Wildman–Crippen MR) is 95.4 cm³/mol. The van der Waals surface area contributed by atoms with Crippen LogP contribution in [-0.2, 0) is 4.79 Å². The van der Waals surface area contributed by atoms with Crippen molar-refractivity contribution in [3.05, 3.63) is 42.2 Å². The lowest BCUT2D eigenvalue weighted by molar-refractivity contribution is -0.120. The van der Waals surface area contributed by atoms with Gasteiger partial charge in [-0.2, -0.15) is 0 Å². The molecule has 2 N–H and O–H groups in total. The number of thioether (sulfide) groups is 1. The number of rotatable bonds is 5. The van der Waals surface area contributed by atoms with Gasteiger partial charge in [0, 0.05) is 12.4 Å². The number of amides is 1. The summed E-state index contributed by atoms with van der Waals surface area (Å²) >= 11 is 1.41. The Morgan fingerprint density at radius 3 is 2.96 bits per heavy atom. The number of carbonyl (C=O) groups excluding carboxylic acids is 1. The smallest absolute Gasteiger partial charge is 0.230 e. The number of aromatic nitrogens is 2. The fraction of sp³-hybridized carbons (Fsp3) is 0.444. The molecular weight excluding hydrogens is 322 g/mol. The van der Waals surface area contributed by atoms with Gasteiger partial charge in [0.25, 0.3) is 0 Å². The molecule has 1 amide bonds. The van der Waals surface area contributed by atoms with E-state index in [1.165, 1.54) is 11.8 Å². The summed E-state index contributed by atoms with van der Waals surface area (Å²) in [5.74, 6) is 0.247. The van der Waals surface area contributed by atoms with Crippen molar-refractivity contribution in [2.75, 3.05) is 5.75 Å². The lowest BCUT2D eigenvalue weighted by Gasteiger charge is -2.28. The topological polar surface area (TPSA) is 67.2 Å². The van der Waals surface area contributed by atoms with Gasteiger partial charge in [-0.25, -0.2) is 4.98 Å². The molecule has 0 aliphatic heterocycles. The van der Waals surface area contributed by atoms with E-state index in [1.807, 2.05) is 29.0 Å². The Morgan fingerprint density at radius 2 is 2.17 bits per heavy atom. The Morgan fingerprint density at radius 1 is 1.38 bits per heavy atom. The van der Waals surface area contributed by atoms with E-state index in [0.717, 1.165) is 42.1 Å². The maximum atomic E-state index is 12.2. The second-order valence-electron chi connectivity index (χ2n) is 6.18. The van der Waals surface area contributed by atoms with Crippen LogP contribution >= 0.6 is 11.8 Å². The minimum Gasteiger partial charge on any atom is -0.391 e. The monoisotopic (exact) mass is 345 g/mol. The number of hydrogen-bond donors (Lipinski definition) is 2. The van der Waals surface area contributed by atoms with Crippen molar-refractivity contribution < 1.29 is 9.90 Å². The van der Waals surface area contributed by atoms with Gasteiger partial charge in [-0.3, -0.25) is 9.36 Å². The molecule has 0 spiro atoms. The van der Waals surface area contributed by atoms with Crippen LogP contribution in [0.15, 0.2) is 41.8 Å². The van der Waals surface area contributed by atoms with Crippen molar-refractivity contribution in [1.29, 1.82) is 0 Å². The molecule has 1 aromatic heterocycles. The van der Waals surface area contributed by atoms with Gasteiger partial charge in [-0.15, -0.1) is 0 Å². The van der Waals surface area contributed by atoms with Gasteiger partial charge >= 0.3 is 0 Å². The third kappa shape index (κ3) is 3.99. The van der Waals surface area contributed by atoms with E-state index in [4.69, 9.17) is 0 Å². The number of aryl methyl sites for hydroxylation is 1. The molecule has 128 valence electrons. The van der Waals surface area contributed by atoms with Crippen molar-refractivity contribution in [2.24, 2.45) is 0 Å². The molecule has 2 unspecified atom stereocenters. The Hall–Kier alpha value is -1.79. The minimum atomic E-state index is -0.415. The molecule has 3 rings (SSSR count). The molecular formula is C18H23N3O2S. The number of benzene rings is 1. The molecule has 5 nitrogen and oxygen atoms in total. The van der Waals surface area contributed by atoms with Gasteiger partial charge in [-0.05, 0) is 31.4 Å². The molecule has 1 aromatic carbocycles. The Labute approximate surface area is 146 Å². The van der Waals surface area contributed by atoms with Crippen LogP contribution in [0.3, 0.4) is 0 Å². The van der Waals surface area contributed by atoms with Crippen LogP contribution < -0.4 is 5.32 Å². The second-order valence-corrected chi connectivity index (χ2v) is 7.12. The summed E-state index contributed by atoms with van der Waals surface area (Å²) in [7, 11) is 0. The molecule has 24 heavy (non-hydrogen) atoms. The van der Waals surface area contributed by atoms with Crippen LogP contribution in [0.1, 0.15) is 31.2 Å². The van der Waals surface area contributed by atoms with Gasteiger partial charge in [-0.1, -0.05) is 42.8 Å². The highest BCUT2D eigenvalue weighted by atomic mass is 32.2. The third-order valence-electron chi connectivity index (χ3n) is 4.39. The number of carbonyl (C=O) groups is 1. The number of nitrogens with zero attached hydrogens (tertiary/aromatic N) is 2. The van der Waals surface area contributed by atoms with Crippen molar-refractivity contribution in [1.82, 2.24) is 14.9 Å². The van der Waals surface area contributed by atoms with Gasteiger partial charge in [0.1, 0.15) is 0 Å². The molecule has 6 heteroatoms. The van der Waals surface area contributed by atoms with E-state index in [9.17, 15) is 9.90 Å². The van der Waals surface area contributed by atoms with E-state index >= 15 is 0 Å². The summed E-state index contributed by atoms with van der Waals surface area (Å²) in [5.41, 5.74) is 2.23. The van der Waals surface area contributed by atoms with Crippen LogP contribution in [0.2, 0.25) is 0 Å². The minimum absolute atomic E-state index is 0.0507. The molecule has 0 bridgehead atoms. The van der Waals surface area contributed by atoms with Crippen LogP contribution in [0.25, 0.3) is 5.69 Å². The molecule has 2 aromatic rings. The third-order valence-corrected chi connectivity index (χ3v) is 5.36. The first-order valence-corrected chi connectivity index (χ1v) is 9.33. The van der Waals surface area contributed by atoms with Crippen LogP contribution in [-0.4, -0.2) is 38.5 Å². The molecule has 0 radical (unpaired) electrons. The number of hydrogen-bond acceptors (Lipinski definition) is 4. The summed E-state index contributed by atoms with van der Waals surface area (Å²) in [6.07, 6.45) is 6.97. The lowest BCUT2D eigenvalue weighted by Crippen LogP contribution is -2.45. The largest absolute Gasteiger partial charge is 0.391 e. The Kier molecular flexibility index (Phi) is 5.58. The Bertz CT molecular complexity index is 701. The van der Waals surface area contributed by atoms with Crippen molar-refractivity contribution >= 4 is 17.7 Å². The quantitative estimate of drug-likeness (QED) is 0.818. The predicted octanol–water partition coefficient (Wildman–Crippen LogP) is 2.69. The molecule has 1 saturated carbocycles. The Balaban J connectivity index is 1.60. The summed E-state index contributed by atoms with van der Waals surface area (Å²) in [6.45, 7) is 2.06. The number of imidazole rings is 1. The first-order valence-electron chi connectivity index (χ1n) is 8.35. The van der Waals surface area contributed by atoms with E-state index in [2.05, 4.69) is 23.3 Å². The van der Waals surface area contributed by atoms with E-state index in [-0.39, 0.29) is 11.9 Å². The van der Waals surface area contributed by atoms with Crippen molar-refractivity contribution in [3.63, 3.8) is 0 Å². The van der Waals surface area contributed by atoms with E-state index < -0.39 is 6.10 Å². The SMILES string of the molecule is Cc1ccccc1-n1ccnc1SCC(=O)NC1CCCCC1O. The first kappa shape index (κ1) is 17.0. The maximum Gasteiger partial charge on any atom is 0.230 e. The fourth-order valence-corrected chi connectivity index (χ4v) is 3.85. The lowest BCUT2D eigenvalue weighted by atomic mass is 9.93. The van der Waals surface area contributed by atoms with Gasteiger partial charge in [0.15, 0.2) is 5.16 Å². The fourth-order valence-electron chi connectivity index (χ4n) is 3.07. The number of para-hydroxylation sites is 1.